The predicted molar refractivity (Wildman–Crippen MR) is 59.4 cm³/mol. The largest absolute Gasteiger partial charge is 0.392 e. The second kappa shape index (κ2) is 3.95. The Hall–Kier alpha value is -0.860. The fraction of sp³-hybridized carbons (Fsp3) is 0.538. The fourth-order valence-corrected chi connectivity index (χ4v) is 1.90. The summed E-state index contributed by atoms with van der Waals surface area (Å²) in [4.78, 5) is 0. The van der Waals surface area contributed by atoms with Crippen molar-refractivity contribution >= 4 is 0 Å². The maximum absolute atomic E-state index is 9.57. The van der Waals surface area contributed by atoms with Crippen molar-refractivity contribution < 1.29 is 9.84 Å². The number of hydrogen-bond acceptors (Lipinski definition) is 2. The lowest BCUT2D eigenvalue weighted by atomic mass is 10.1. The zero-order chi connectivity index (χ0) is 10.9. The summed E-state index contributed by atoms with van der Waals surface area (Å²) < 4.78 is 5.59. The molecule has 0 aromatic heterocycles. The lowest BCUT2D eigenvalue weighted by molar-refractivity contribution is 0.0957. The maximum atomic E-state index is 9.57. The first kappa shape index (κ1) is 10.7. The van der Waals surface area contributed by atoms with Gasteiger partial charge in [0.25, 0.3) is 0 Å². The first-order chi connectivity index (χ1) is 7.12. The molecule has 2 heteroatoms. The summed E-state index contributed by atoms with van der Waals surface area (Å²) in [6, 6.07) is 10.1. The molecule has 1 aliphatic carbocycles. The van der Waals surface area contributed by atoms with E-state index in [2.05, 4.69) is 26.0 Å². The van der Waals surface area contributed by atoms with Gasteiger partial charge < -0.3 is 9.84 Å². The van der Waals surface area contributed by atoms with Gasteiger partial charge >= 0.3 is 0 Å². The van der Waals surface area contributed by atoms with Crippen molar-refractivity contribution in [3.8, 4) is 0 Å². The van der Waals surface area contributed by atoms with Crippen molar-refractivity contribution in [3.05, 3.63) is 35.9 Å². The van der Waals surface area contributed by atoms with Crippen LogP contribution in [0.4, 0.5) is 0 Å². The van der Waals surface area contributed by atoms with Crippen LogP contribution in [0.3, 0.4) is 0 Å². The first-order valence-corrected chi connectivity index (χ1v) is 5.42. The molecule has 0 heterocycles. The number of benzene rings is 1. The molecular weight excluding hydrogens is 188 g/mol. The van der Waals surface area contributed by atoms with Crippen LogP contribution in [0.15, 0.2) is 30.3 Å². The molecule has 0 saturated heterocycles. The van der Waals surface area contributed by atoms with Crippen LogP contribution in [0.5, 0.6) is 0 Å². The van der Waals surface area contributed by atoms with E-state index in [1.54, 1.807) is 0 Å². The van der Waals surface area contributed by atoms with E-state index in [-0.39, 0.29) is 11.5 Å². The molecule has 2 nitrogen and oxygen atoms in total. The standard InChI is InChI=1S/C13H18O2/c1-13(2)11(12(13)14)9-15-8-10-6-4-3-5-7-10/h3-7,11-12,14H,8-9H2,1-2H3/t11-,12-/m1/s1. The fourth-order valence-electron chi connectivity index (χ4n) is 1.90. The van der Waals surface area contributed by atoms with Crippen LogP contribution >= 0.6 is 0 Å². The summed E-state index contributed by atoms with van der Waals surface area (Å²) >= 11 is 0. The minimum atomic E-state index is -0.187. The van der Waals surface area contributed by atoms with Gasteiger partial charge in [0.2, 0.25) is 0 Å². The Labute approximate surface area is 90.9 Å². The van der Waals surface area contributed by atoms with E-state index in [0.717, 1.165) is 0 Å². The van der Waals surface area contributed by atoms with Gasteiger partial charge in [-0.2, -0.15) is 0 Å². The Bertz CT molecular complexity index is 319. The Morgan fingerprint density at radius 3 is 2.40 bits per heavy atom. The number of rotatable bonds is 4. The average Bonchev–Trinajstić information content (AvgIpc) is 2.70. The summed E-state index contributed by atoms with van der Waals surface area (Å²) in [6.07, 6.45) is -0.187. The van der Waals surface area contributed by atoms with Crippen molar-refractivity contribution in [2.75, 3.05) is 6.61 Å². The molecule has 0 radical (unpaired) electrons. The minimum absolute atomic E-state index is 0.0523. The molecule has 0 bridgehead atoms. The van der Waals surface area contributed by atoms with Gasteiger partial charge in [-0.3, -0.25) is 0 Å². The zero-order valence-electron chi connectivity index (χ0n) is 9.31. The van der Waals surface area contributed by atoms with Gasteiger partial charge in [0.1, 0.15) is 0 Å². The molecule has 0 unspecified atom stereocenters. The highest BCUT2D eigenvalue weighted by Gasteiger charge is 2.56. The van der Waals surface area contributed by atoms with Gasteiger partial charge in [-0.05, 0) is 11.0 Å². The third-order valence-corrected chi connectivity index (χ3v) is 3.40. The van der Waals surface area contributed by atoms with E-state index in [0.29, 0.717) is 19.1 Å². The van der Waals surface area contributed by atoms with Gasteiger partial charge in [0.05, 0.1) is 19.3 Å². The highest BCUT2D eigenvalue weighted by Crippen LogP contribution is 2.51. The van der Waals surface area contributed by atoms with Crippen LogP contribution in [-0.4, -0.2) is 17.8 Å². The molecule has 1 fully saturated rings. The van der Waals surface area contributed by atoms with Crippen LogP contribution in [0.1, 0.15) is 19.4 Å². The van der Waals surface area contributed by atoms with Crippen LogP contribution in [0.25, 0.3) is 0 Å². The van der Waals surface area contributed by atoms with Crippen LogP contribution in [0, 0.1) is 11.3 Å². The van der Waals surface area contributed by atoms with Gasteiger partial charge in [-0.1, -0.05) is 44.2 Å². The second-order valence-electron chi connectivity index (χ2n) is 4.87. The molecule has 0 aliphatic heterocycles. The molecule has 1 aliphatic rings. The van der Waals surface area contributed by atoms with E-state index in [1.165, 1.54) is 5.56 Å². The highest BCUT2D eigenvalue weighted by molar-refractivity contribution is 5.13. The third kappa shape index (κ3) is 2.21. The average molecular weight is 206 g/mol. The van der Waals surface area contributed by atoms with Crippen molar-refractivity contribution in [1.29, 1.82) is 0 Å². The molecule has 2 rings (SSSR count). The normalized spacial score (nSPS) is 27.7. The molecule has 1 aromatic carbocycles. The Morgan fingerprint density at radius 1 is 1.27 bits per heavy atom. The molecule has 15 heavy (non-hydrogen) atoms. The summed E-state index contributed by atoms with van der Waals surface area (Å²) in [5.41, 5.74) is 1.24. The second-order valence-corrected chi connectivity index (χ2v) is 4.87. The van der Waals surface area contributed by atoms with Crippen LogP contribution in [0.2, 0.25) is 0 Å². The SMILES string of the molecule is CC1(C)[C@H](O)[C@H]1COCc1ccccc1. The van der Waals surface area contributed by atoms with Crippen molar-refractivity contribution in [3.63, 3.8) is 0 Å². The van der Waals surface area contributed by atoms with Crippen LogP contribution < -0.4 is 0 Å². The quantitative estimate of drug-likeness (QED) is 0.818. The topological polar surface area (TPSA) is 29.5 Å². The molecule has 2 atom stereocenters. The van der Waals surface area contributed by atoms with Crippen molar-refractivity contribution in [2.45, 2.75) is 26.6 Å². The van der Waals surface area contributed by atoms with Gasteiger partial charge in [0, 0.05) is 5.92 Å². The summed E-state index contributed by atoms with van der Waals surface area (Å²) in [7, 11) is 0. The lowest BCUT2D eigenvalue weighted by Crippen LogP contribution is -2.01. The van der Waals surface area contributed by atoms with Gasteiger partial charge in [0.15, 0.2) is 0 Å². The molecule has 1 saturated carbocycles. The molecular formula is C13H18O2. The smallest absolute Gasteiger partial charge is 0.0717 e. The van der Waals surface area contributed by atoms with E-state index >= 15 is 0 Å². The van der Waals surface area contributed by atoms with Crippen molar-refractivity contribution in [2.24, 2.45) is 11.3 Å². The summed E-state index contributed by atoms with van der Waals surface area (Å²) in [5.74, 6) is 0.307. The summed E-state index contributed by atoms with van der Waals surface area (Å²) in [6.45, 7) is 5.45. The molecule has 0 spiro atoms. The third-order valence-electron chi connectivity index (χ3n) is 3.40. The minimum Gasteiger partial charge on any atom is -0.392 e. The lowest BCUT2D eigenvalue weighted by Gasteiger charge is -2.04. The summed E-state index contributed by atoms with van der Waals surface area (Å²) in [5, 5.41) is 9.57. The predicted octanol–water partition coefficient (Wildman–Crippen LogP) is 2.22. The first-order valence-electron chi connectivity index (χ1n) is 5.42. The van der Waals surface area contributed by atoms with Gasteiger partial charge in [-0.25, -0.2) is 0 Å². The Balaban J connectivity index is 1.73. The van der Waals surface area contributed by atoms with E-state index in [9.17, 15) is 5.11 Å². The monoisotopic (exact) mass is 206 g/mol. The molecule has 1 aromatic rings. The number of hydrogen-bond donors (Lipinski definition) is 1. The number of aliphatic hydroxyl groups is 1. The van der Waals surface area contributed by atoms with Crippen LogP contribution in [-0.2, 0) is 11.3 Å². The Morgan fingerprint density at radius 2 is 1.87 bits per heavy atom. The molecule has 1 N–H and O–H groups in total. The van der Waals surface area contributed by atoms with E-state index in [1.807, 2.05) is 18.2 Å². The number of aliphatic hydroxyl groups excluding tert-OH is 1. The highest BCUT2D eigenvalue weighted by atomic mass is 16.5. The van der Waals surface area contributed by atoms with E-state index < -0.39 is 0 Å². The zero-order valence-corrected chi connectivity index (χ0v) is 9.31. The maximum Gasteiger partial charge on any atom is 0.0717 e. The number of ether oxygens (including phenoxy) is 1. The van der Waals surface area contributed by atoms with Crippen molar-refractivity contribution in [1.82, 2.24) is 0 Å². The molecule has 0 amide bonds. The Kier molecular flexibility index (Phi) is 2.81. The molecule has 82 valence electrons. The van der Waals surface area contributed by atoms with E-state index in [4.69, 9.17) is 4.74 Å². The van der Waals surface area contributed by atoms with Gasteiger partial charge in [-0.15, -0.1) is 0 Å².